The maximum Gasteiger partial charge on any atom is 0.412 e. The Kier molecular flexibility index (Phi) is 5.79. The van der Waals surface area contributed by atoms with Crippen LogP contribution in [0.3, 0.4) is 0 Å². The van der Waals surface area contributed by atoms with Gasteiger partial charge in [-0.3, -0.25) is 10.1 Å². The molecule has 0 fully saturated rings. The molecule has 146 valence electrons. The van der Waals surface area contributed by atoms with Gasteiger partial charge in [0.15, 0.2) is 0 Å². The molecule has 2 N–H and O–H groups in total. The molecule has 0 atom stereocenters. The van der Waals surface area contributed by atoms with E-state index in [1.165, 1.54) is 17.6 Å². The van der Waals surface area contributed by atoms with Gasteiger partial charge in [0.25, 0.3) is 5.91 Å². The predicted octanol–water partition coefficient (Wildman–Crippen LogP) is 4.68. The van der Waals surface area contributed by atoms with Crippen LogP contribution in [0.15, 0.2) is 52.5 Å². The summed E-state index contributed by atoms with van der Waals surface area (Å²) in [4.78, 5) is 29.4. The van der Waals surface area contributed by atoms with E-state index in [9.17, 15) is 9.59 Å². The van der Waals surface area contributed by atoms with E-state index in [-0.39, 0.29) is 12.5 Å². The second-order valence-corrected chi connectivity index (χ2v) is 7.96. The molecule has 0 aliphatic heterocycles. The van der Waals surface area contributed by atoms with Crippen molar-refractivity contribution >= 4 is 29.0 Å². The zero-order valence-corrected chi connectivity index (χ0v) is 16.6. The number of aromatic nitrogens is 1. The minimum atomic E-state index is -0.575. The average molecular weight is 399 g/mol. The molecule has 2 heterocycles. The van der Waals surface area contributed by atoms with Crippen LogP contribution in [0.25, 0.3) is 10.8 Å². The molecule has 3 rings (SSSR count). The van der Waals surface area contributed by atoms with E-state index in [1.54, 1.807) is 45.0 Å². The van der Waals surface area contributed by atoms with Crippen molar-refractivity contribution in [2.45, 2.75) is 32.9 Å². The van der Waals surface area contributed by atoms with E-state index < -0.39 is 11.7 Å². The summed E-state index contributed by atoms with van der Waals surface area (Å²) < 4.78 is 10.6. The number of amides is 2. The molecular weight excluding hydrogens is 378 g/mol. The molecule has 3 aromatic rings. The Morgan fingerprint density at radius 1 is 1.18 bits per heavy atom. The van der Waals surface area contributed by atoms with E-state index in [2.05, 4.69) is 15.6 Å². The van der Waals surface area contributed by atoms with E-state index in [0.29, 0.717) is 22.8 Å². The summed E-state index contributed by atoms with van der Waals surface area (Å²) in [6.45, 7) is 5.63. The molecular formula is C20H21N3O4S. The highest BCUT2D eigenvalue weighted by Gasteiger charge is 2.16. The number of carbonyl (C=O) groups is 2. The molecule has 0 bridgehead atoms. The highest BCUT2D eigenvalue weighted by molar-refractivity contribution is 7.13. The lowest BCUT2D eigenvalue weighted by atomic mass is 10.2. The second-order valence-electron chi connectivity index (χ2n) is 7.01. The van der Waals surface area contributed by atoms with Gasteiger partial charge in [0.1, 0.15) is 11.9 Å². The number of thiophene rings is 1. The minimum Gasteiger partial charge on any atom is -0.444 e. The van der Waals surface area contributed by atoms with Crippen LogP contribution in [-0.4, -0.2) is 22.6 Å². The summed E-state index contributed by atoms with van der Waals surface area (Å²) in [7, 11) is 0. The molecule has 0 unspecified atom stereocenters. The molecule has 2 aromatic heterocycles. The molecule has 0 aliphatic rings. The number of oxazole rings is 1. The van der Waals surface area contributed by atoms with Crippen LogP contribution in [-0.2, 0) is 11.3 Å². The normalized spacial score (nSPS) is 11.1. The highest BCUT2D eigenvalue weighted by Crippen LogP contribution is 2.23. The van der Waals surface area contributed by atoms with Crippen LogP contribution >= 0.6 is 11.3 Å². The Morgan fingerprint density at radius 3 is 2.57 bits per heavy atom. The molecule has 0 saturated heterocycles. The number of nitrogens with zero attached hydrogens (tertiary/aromatic N) is 1. The third-order valence-corrected chi connectivity index (χ3v) is 4.36. The molecule has 0 saturated carbocycles. The lowest BCUT2D eigenvalue weighted by molar-refractivity contribution is 0.0635. The standard InChI is InChI=1S/C20H21N3O4S/c1-20(2,3)27-19(25)23-14-8-6-13(7-9-14)17(24)21-11-15-12-26-18(22-15)16-5-4-10-28-16/h4-10,12H,11H2,1-3H3,(H,21,24)(H,23,25). The lowest BCUT2D eigenvalue weighted by Gasteiger charge is -2.19. The van der Waals surface area contributed by atoms with Gasteiger partial charge in [0, 0.05) is 11.3 Å². The number of rotatable bonds is 5. The molecule has 1 aromatic carbocycles. The summed E-state index contributed by atoms with van der Waals surface area (Å²) in [6, 6.07) is 10.4. The first-order valence-electron chi connectivity index (χ1n) is 8.67. The summed E-state index contributed by atoms with van der Waals surface area (Å²) in [5.41, 5.74) is 1.08. The molecule has 7 nitrogen and oxygen atoms in total. The Balaban J connectivity index is 1.53. The quantitative estimate of drug-likeness (QED) is 0.650. The van der Waals surface area contributed by atoms with Crippen molar-refractivity contribution in [1.82, 2.24) is 10.3 Å². The van der Waals surface area contributed by atoms with Gasteiger partial charge in [0.05, 0.1) is 17.1 Å². The van der Waals surface area contributed by atoms with Gasteiger partial charge in [-0.05, 0) is 56.5 Å². The molecule has 2 amide bonds. The van der Waals surface area contributed by atoms with Crippen molar-refractivity contribution in [2.24, 2.45) is 0 Å². The number of ether oxygens (including phenoxy) is 1. The van der Waals surface area contributed by atoms with Crippen molar-refractivity contribution in [3.63, 3.8) is 0 Å². The fourth-order valence-corrected chi connectivity index (χ4v) is 2.96. The molecule has 28 heavy (non-hydrogen) atoms. The fraction of sp³-hybridized carbons (Fsp3) is 0.250. The van der Waals surface area contributed by atoms with Gasteiger partial charge in [-0.15, -0.1) is 11.3 Å². The van der Waals surface area contributed by atoms with Gasteiger partial charge in [-0.1, -0.05) is 6.07 Å². The SMILES string of the molecule is CC(C)(C)OC(=O)Nc1ccc(C(=O)NCc2coc(-c3cccs3)n2)cc1. The number of benzene rings is 1. The Bertz CT molecular complexity index is 941. The fourth-order valence-electron chi connectivity index (χ4n) is 2.30. The Hall–Kier alpha value is -3.13. The van der Waals surface area contributed by atoms with E-state index in [0.717, 1.165) is 4.88 Å². The van der Waals surface area contributed by atoms with Crippen molar-refractivity contribution in [1.29, 1.82) is 0 Å². The lowest BCUT2D eigenvalue weighted by Crippen LogP contribution is -2.27. The van der Waals surface area contributed by atoms with Crippen LogP contribution < -0.4 is 10.6 Å². The van der Waals surface area contributed by atoms with Crippen LogP contribution in [0.1, 0.15) is 36.8 Å². The van der Waals surface area contributed by atoms with Crippen molar-refractivity contribution in [3.05, 3.63) is 59.3 Å². The third-order valence-electron chi connectivity index (χ3n) is 3.51. The number of anilines is 1. The Labute approximate surface area is 166 Å². The minimum absolute atomic E-state index is 0.246. The van der Waals surface area contributed by atoms with Gasteiger partial charge in [0.2, 0.25) is 5.89 Å². The van der Waals surface area contributed by atoms with Crippen LogP contribution in [0.5, 0.6) is 0 Å². The van der Waals surface area contributed by atoms with Gasteiger partial charge < -0.3 is 14.5 Å². The first-order valence-corrected chi connectivity index (χ1v) is 9.55. The summed E-state index contributed by atoms with van der Waals surface area (Å²) in [6.07, 6.45) is 0.987. The highest BCUT2D eigenvalue weighted by atomic mass is 32.1. The number of carbonyl (C=O) groups excluding carboxylic acids is 2. The maximum atomic E-state index is 12.3. The predicted molar refractivity (Wildman–Crippen MR) is 107 cm³/mol. The Morgan fingerprint density at radius 2 is 1.93 bits per heavy atom. The number of hydrogen-bond acceptors (Lipinski definition) is 6. The van der Waals surface area contributed by atoms with Crippen LogP contribution in [0, 0.1) is 0 Å². The zero-order valence-electron chi connectivity index (χ0n) is 15.8. The first kappa shape index (κ1) is 19.6. The van der Waals surface area contributed by atoms with E-state index >= 15 is 0 Å². The summed E-state index contributed by atoms with van der Waals surface area (Å²) in [5, 5.41) is 7.37. The molecule has 0 aliphatic carbocycles. The van der Waals surface area contributed by atoms with Crippen molar-refractivity contribution in [2.75, 3.05) is 5.32 Å². The largest absolute Gasteiger partial charge is 0.444 e. The monoisotopic (exact) mass is 399 g/mol. The molecule has 8 heteroatoms. The van der Waals surface area contributed by atoms with E-state index in [1.807, 2.05) is 17.5 Å². The van der Waals surface area contributed by atoms with Crippen molar-refractivity contribution < 1.29 is 18.7 Å². The second kappa shape index (κ2) is 8.26. The smallest absolute Gasteiger partial charge is 0.412 e. The van der Waals surface area contributed by atoms with E-state index in [4.69, 9.17) is 9.15 Å². The van der Waals surface area contributed by atoms with Crippen LogP contribution in [0.4, 0.5) is 10.5 Å². The van der Waals surface area contributed by atoms with Gasteiger partial charge in [-0.2, -0.15) is 0 Å². The topological polar surface area (TPSA) is 93.5 Å². The summed E-state index contributed by atoms with van der Waals surface area (Å²) in [5.74, 6) is 0.293. The van der Waals surface area contributed by atoms with Gasteiger partial charge >= 0.3 is 6.09 Å². The average Bonchev–Trinajstić information content (AvgIpc) is 3.30. The number of hydrogen-bond donors (Lipinski definition) is 2. The zero-order chi connectivity index (χ0) is 20.1. The third kappa shape index (κ3) is 5.43. The van der Waals surface area contributed by atoms with Crippen LogP contribution in [0.2, 0.25) is 0 Å². The first-order chi connectivity index (χ1) is 13.3. The number of nitrogens with one attached hydrogen (secondary N) is 2. The summed E-state index contributed by atoms with van der Waals surface area (Å²) >= 11 is 1.54. The molecule has 0 spiro atoms. The maximum absolute atomic E-state index is 12.3. The van der Waals surface area contributed by atoms with Gasteiger partial charge in [-0.25, -0.2) is 9.78 Å². The molecule has 0 radical (unpaired) electrons. The van der Waals surface area contributed by atoms with Crippen molar-refractivity contribution in [3.8, 4) is 10.8 Å².